The summed E-state index contributed by atoms with van der Waals surface area (Å²) < 4.78 is 18.7. The minimum absolute atomic E-state index is 0.167. The summed E-state index contributed by atoms with van der Waals surface area (Å²) in [6, 6.07) is 14.4. The summed E-state index contributed by atoms with van der Waals surface area (Å²) in [7, 11) is 5.33. The van der Waals surface area contributed by atoms with E-state index in [0.717, 1.165) is 27.7 Å². The van der Waals surface area contributed by atoms with E-state index in [2.05, 4.69) is 48.0 Å². The predicted molar refractivity (Wildman–Crippen MR) is 102 cm³/mol. The third-order valence-corrected chi connectivity index (χ3v) is 4.24. The van der Waals surface area contributed by atoms with Gasteiger partial charge in [0.25, 0.3) is 0 Å². The number of rotatable bonds is 6. The normalized spacial score (nSPS) is 11.4. The van der Waals surface area contributed by atoms with Crippen LogP contribution in [0.2, 0.25) is 0 Å². The molecular weight excluding hydrogens is 314 g/mol. The van der Waals surface area contributed by atoms with Crippen molar-refractivity contribution in [2.24, 2.45) is 7.05 Å². The predicted octanol–water partition coefficient (Wildman–Crippen LogP) is 4.87. The average Bonchev–Trinajstić information content (AvgIpc) is 2.93. The molecule has 3 aromatic rings. The van der Waals surface area contributed by atoms with Crippen LogP contribution in [-0.4, -0.2) is 25.6 Å². The average molecular weight is 337 g/mol. The molecule has 0 saturated carbocycles. The van der Waals surface area contributed by atoms with Gasteiger partial charge < -0.3 is 18.8 Å². The zero-order chi connectivity index (χ0) is 17.8. The number of hydrogen-bond donors (Lipinski definition) is 0. The van der Waals surface area contributed by atoms with Crippen molar-refractivity contribution in [1.29, 1.82) is 0 Å². The lowest BCUT2D eigenvalue weighted by Crippen LogP contribution is -2.01. The maximum atomic E-state index is 5.89. The number of fused-ring (bicyclic) bond motifs is 1. The molecule has 0 aliphatic carbocycles. The lowest BCUT2D eigenvalue weighted by Gasteiger charge is -2.12. The second kappa shape index (κ2) is 7.45. The number of methoxy groups -OCH3 is 2. The molecule has 0 fully saturated rings. The van der Waals surface area contributed by atoms with Crippen LogP contribution in [0.5, 0.6) is 11.5 Å². The minimum Gasteiger partial charge on any atom is -0.493 e. The molecule has 0 N–H and O–H groups in total. The standard InChI is InChI=1S/C21H23NO3/c1-5-9-16-19-17(12-13-18(24-4)21(19)25-14-23-3)22(2)20(16)15-10-7-6-8-11-15/h5-13H,14H2,1-4H3/b9-5+. The van der Waals surface area contributed by atoms with E-state index in [4.69, 9.17) is 14.2 Å². The molecule has 1 heterocycles. The molecule has 0 unspecified atom stereocenters. The summed E-state index contributed by atoms with van der Waals surface area (Å²) in [5.41, 5.74) is 4.49. The zero-order valence-corrected chi connectivity index (χ0v) is 15.1. The maximum Gasteiger partial charge on any atom is 0.188 e. The van der Waals surface area contributed by atoms with Gasteiger partial charge in [0.15, 0.2) is 18.3 Å². The van der Waals surface area contributed by atoms with E-state index < -0.39 is 0 Å². The first-order valence-electron chi connectivity index (χ1n) is 8.22. The topological polar surface area (TPSA) is 32.6 Å². The Labute approximate surface area is 148 Å². The molecule has 0 saturated heterocycles. The monoisotopic (exact) mass is 337 g/mol. The Morgan fingerprint density at radius 2 is 1.80 bits per heavy atom. The highest BCUT2D eigenvalue weighted by atomic mass is 16.7. The molecule has 130 valence electrons. The van der Waals surface area contributed by atoms with Crippen molar-refractivity contribution in [2.75, 3.05) is 21.0 Å². The molecule has 0 radical (unpaired) electrons. The Kier molecular flexibility index (Phi) is 5.10. The summed E-state index contributed by atoms with van der Waals surface area (Å²) in [4.78, 5) is 0. The Bertz CT molecular complexity index is 895. The molecule has 4 nitrogen and oxygen atoms in total. The Morgan fingerprint density at radius 3 is 2.44 bits per heavy atom. The fourth-order valence-corrected chi connectivity index (χ4v) is 3.21. The largest absolute Gasteiger partial charge is 0.493 e. The van der Waals surface area contributed by atoms with Crippen LogP contribution in [0.1, 0.15) is 12.5 Å². The molecule has 0 spiro atoms. The van der Waals surface area contributed by atoms with E-state index in [-0.39, 0.29) is 6.79 Å². The van der Waals surface area contributed by atoms with E-state index in [9.17, 15) is 0 Å². The third kappa shape index (κ3) is 3.01. The molecule has 0 aliphatic heterocycles. The minimum atomic E-state index is 0.167. The van der Waals surface area contributed by atoms with Crippen molar-refractivity contribution in [2.45, 2.75) is 6.92 Å². The van der Waals surface area contributed by atoms with Crippen LogP contribution in [0.25, 0.3) is 28.2 Å². The van der Waals surface area contributed by atoms with Gasteiger partial charge in [-0.3, -0.25) is 0 Å². The van der Waals surface area contributed by atoms with Crippen LogP contribution in [0.15, 0.2) is 48.5 Å². The Balaban J connectivity index is 2.38. The van der Waals surface area contributed by atoms with Crippen molar-refractivity contribution >= 4 is 17.0 Å². The van der Waals surface area contributed by atoms with E-state index >= 15 is 0 Å². The lowest BCUT2D eigenvalue weighted by atomic mass is 10.0. The van der Waals surface area contributed by atoms with Crippen LogP contribution in [0.3, 0.4) is 0 Å². The van der Waals surface area contributed by atoms with Gasteiger partial charge in [0.1, 0.15) is 0 Å². The van der Waals surface area contributed by atoms with Gasteiger partial charge in [-0.15, -0.1) is 0 Å². The quantitative estimate of drug-likeness (QED) is 0.602. The first-order valence-corrected chi connectivity index (χ1v) is 8.22. The number of aromatic nitrogens is 1. The van der Waals surface area contributed by atoms with Crippen LogP contribution in [0.4, 0.5) is 0 Å². The van der Waals surface area contributed by atoms with Crippen LogP contribution >= 0.6 is 0 Å². The van der Waals surface area contributed by atoms with Gasteiger partial charge in [-0.05, 0) is 24.6 Å². The van der Waals surface area contributed by atoms with Gasteiger partial charge in [-0.2, -0.15) is 0 Å². The summed E-state index contributed by atoms with van der Waals surface area (Å²) >= 11 is 0. The fraction of sp³-hybridized carbons (Fsp3) is 0.238. The molecule has 1 aromatic heterocycles. The highest BCUT2D eigenvalue weighted by Gasteiger charge is 2.21. The van der Waals surface area contributed by atoms with Crippen LogP contribution < -0.4 is 9.47 Å². The third-order valence-electron chi connectivity index (χ3n) is 4.24. The fourth-order valence-electron chi connectivity index (χ4n) is 3.21. The highest BCUT2D eigenvalue weighted by molar-refractivity contribution is 6.02. The van der Waals surface area contributed by atoms with Gasteiger partial charge in [0.2, 0.25) is 0 Å². The second-order valence-corrected chi connectivity index (χ2v) is 5.73. The number of ether oxygens (including phenoxy) is 3. The molecule has 4 heteroatoms. The van der Waals surface area contributed by atoms with Gasteiger partial charge in [-0.25, -0.2) is 0 Å². The van der Waals surface area contributed by atoms with Crippen LogP contribution in [0, 0.1) is 0 Å². The Hall–Kier alpha value is -2.72. The number of benzene rings is 2. The van der Waals surface area contributed by atoms with Gasteiger partial charge >= 0.3 is 0 Å². The zero-order valence-electron chi connectivity index (χ0n) is 15.1. The highest BCUT2D eigenvalue weighted by Crippen LogP contribution is 2.43. The first kappa shape index (κ1) is 17.1. The van der Waals surface area contributed by atoms with Gasteiger partial charge in [0.05, 0.1) is 23.7 Å². The van der Waals surface area contributed by atoms with Crippen LogP contribution in [-0.2, 0) is 11.8 Å². The molecule has 25 heavy (non-hydrogen) atoms. The smallest absolute Gasteiger partial charge is 0.188 e. The van der Waals surface area contributed by atoms with E-state index in [1.807, 2.05) is 25.1 Å². The molecule has 2 aromatic carbocycles. The summed E-state index contributed by atoms with van der Waals surface area (Å²) in [6.07, 6.45) is 4.16. The summed E-state index contributed by atoms with van der Waals surface area (Å²) in [5.74, 6) is 1.40. The molecule has 0 amide bonds. The van der Waals surface area contributed by atoms with Crippen molar-refractivity contribution in [1.82, 2.24) is 4.57 Å². The molecular formula is C21H23NO3. The SMILES string of the molecule is C/C=C/c1c(-c2ccccc2)n(C)c2ccc(OC)c(OCOC)c12. The second-order valence-electron chi connectivity index (χ2n) is 5.73. The van der Waals surface area contributed by atoms with Crippen molar-refractivity contribution in [3.05, 3.63) is 54.1 Å². The van der Waals surface area contributed by atoms with Crippen molar-refractivity contribution in [3.8, 4) is 22.8 Å². The number of aryl methyl sites for hydroxylation is 1. The van der Waals surface area contributed by atoms with Crippen molar-refractivity contribution < 1.29 is 14.2 Å². The lowest BCUT2D eigenvalue weighted by molar-refractivity contribution is 0.0503. The summed E-state index contributed by atoms with van der Waals surface area (Å²) in [5, 5.41) is 1.02. The molecule has 0 atom stereocenters. The van der Waals surface area contributed by atoms with E-state index in [1.54, 1.807) is 14.2 Å². The number of nitrogens with zero attached hydrogens (tertiary/aromatic N) is 1. The van der Waals surface area contributed by atoms with Crippen molar-refractivity contribution in [3.63, 3.8) is 0 Å². The number of hydrogen-bond acceptors (Lipinski definition) is 3. The number of allylic oxidation sites excluding steroid dienone is 1. The molecule has 0 bridgehead atoms. The first-order chi connectivity index (χ1) is 12.2. The molecule has 0 aliphatic rings. The summed E-state index contributed by atoms with van der Waals surface area (Å²) in [6.45, 7) is 2.18. The maximum absolute atomic E-state index is 5.89. The van der Waals surface area contributed by atoms with Gasteiger partial charge in [-0.1, -0.05) is 42.5 Å². The van der Waals surface area contributed by atoms with Gasteiger partial charge in [0, 0.05) is 19.7 Å². The Morgan fingerprint density at radius 1 is 1.04 bits per heavy atom. The van der Waals surface area contributed by atoms with E-state index in [1.165, 1.54) is 0 Å². The molecule has 3 rings (SSSR count). The van der Waals surface area contributed by atoms with E-state index in [0.29, 0.717) is 11.5 Å².